The lowest BCUT2D eigenvalue weighted by Gasteiger charge is -2.17. The zero-order valence-corrected chi connectivity index (χ0v) is 30.0. The van der Waals surface area contributed by atoms with E-state index in [0.29, 0.717) is 17.5 Å². The van der Waals surface area contributed by atoms with E-state index in [1.165, 1.54) is 0 Å². The molecule has 0 bridgehead atoms. The van der Waals surface area contributed by atoms with Crippen molar-refractivity contribution >= 4 is 54.3 Å². The molecule has 0 radical (unpaired) electrons. The molecule has 0 aliphatic heterocycles. The minimum atomic E-state index is 0.560. The third-order valence-electron chi connectivity index (χ3n) is 10.6. The van der Waals surface area contributed by atoms with E-state index in [1.807, 2.05) is 79.3 Å². The Labute approximate surface area is 321 Å². The summed E-state index contributed by atoms with van der Waals surface area (Å²) in [6, 6.07) is 56.8. The second-order valence-corrected chi connectivity index (χ2v) is 13.9. The number of nitrogens with zero attached hydrogens (tertiary/aromatic N) is 6. The van der Waals surface area contributed by atoms with Gasteiger partial charge in [0.15, 0.2) is 17.5 Å². The number of benzene rings is 7. The fourth-order valence-electron chi connectivity index (χ4n) is 8.07. The molecule has 4 aromatic heterocycles. The Bertz CT molecular complexity index is 3070. The molecule has 0 aliphatic rings. The summed E-state index contributed by atoms with van der Waals surface area (Å²) in [5.74, 6) is 1.71. The van der Waals surface area contributed by atoms with Gasteiger partial charge in [-0.1, -0.05) is 109 Å². The van der Waals surface area contributed by atoms with Gasteiger partial charge in [0.25, 0.3) is 0 Å². The molecule has 6 nitrogen and oxygen atoms in total. The fourth-order valence-corrected chi connectivity index (χ4v) is 8.07. The molecule has 56 heavy (non-hydrogen) atoms. The minimum Gasteiger partial charge on any atom is -0.256 e. The number of hydrogen-bond acceptors (Lipinski definition) is 6. The average molecular weight is 715 g/mol. The van der Waals surface area contributed by atoms with Crippen LogP contribution in [0.5, 0.6) is 0 Å². The van der Waals surface area contributed by atoms with Gasteiger partial charge in [0.1, 0.15) is 0 Å². The van der Waals surface area contributed by atoms with Gasteiger partial charge in [-0.3, -0.25) is 15.0 Å². The van der Waals surface area contributed by atoms with Crippen LogP contribution in [0.15, 0.2) is 182 Å². The lowest BCUT2D eigenvalue weighted by molar-refractivity contribution is 1.07. The van der Waals surface area contributed by atoms with Crippen LogP contribution in [-0.2, 0) is 0 Å². The highest BCUT2D eigenvalue weighted by Gasteiger charge is 2.20. The van der Waals surface area contributed by atoms with Gasteiger partial charge in [-0.05, 0) is 98.4 Å². The Morgan fingerprint density at radius 1 is 0.304 bits per heavy atom. The van der Waals surface area contributed by atoms with Gasteiger partial charge in [-0.2, -0.15) is 0 Å². The molecule has 0 aliphatic carbocycles. The Morgan fingerprint density at radius 2 is 0.786 bits per heavy atom. The quantitative estimate of drug-likeness (QED) is 0.165. The van der Waals surface area contributed by atoms with E-state index < -0.39 is 0 Å². The molecule has 0 saturated carbocycles. The van der Waals surface area contributed by atoms with Crippen LogP contribution in [0.1, 0.15) is 0 Å². The van der Waals surface area contributed by atoms with Crippen molar-refractivity contribution in [1.82, 2.24) is 29.9 Å². The van der Waals surface area contributed by atoms with Crippen LogP contribution in [0.25, 0.3) is 111 Å². The molecular formula is C50H30N6. The Balaban J connectivity index is 1.26. The predicted molar refractivity (Wildman–Crippen MR) is 228 cm³/mol. The van der Waals surface area contributed by atoms with Gasteiger partial charge in [0.2, 0.25) is 0 Å². The van der Waals surface area contributed by atoms with Crippen molar-refractivity contribution in [2.75, 3.05) is 0 Å². The van der Waals surface area contributed by atoms with Crippen molar-refractivity contribution in [2.45, 2.75) is 0 Å². The highest BCUT2D eigenvalue weighted by atomic mass is 15.0. The van der Waals surface area contributed by atoms with Crippen LogP contribution in [-0.4, -0.2) is 29.9 Å². The predicted octanol–water partition coefficient (Wildman–Crippen LogP) is 12.2. The average Bonchev–Trinajstić information content (AvgIpc) is 3.27. The van der Waals surface area contributed by atoms with Crippen molar-refractivity contribution < 1.29 is 0 Å². The number of aromatic nitrogens is 6. The summed E-state index contributed by atoms with van der Waals surface area (Å²) in [5.41, 5.74) is 9.60. The molecular weight excluding hydrogens is 685 g/mol. The molecule has 0 unspecified atom stereocenters. The van der Waals surface area contributed by atoms with Crippen LogP contribution in [0.3, 0.4) is 0 Å². The van der Waals surface area contributed by atoms with Crippen molar-refractivity contribution in [3.8, 4) is 56.4 Å². The first kappa shape index (κ1) is 31.8. The summed E-state index contributed by atoms with van der Waals surface area (Å²) < 4.78 is 0. The molecule has 260 valence electrons. The van der Waals surface area contributed by atoms with Crippen molar-refractivity contribution in [3.63, 3.8) is 0 Å². The maximum atomic E-state index is 5.28. The molecule has 0 N–H and O–H groups in total. The van der Waals surface area contributed by atoms with Crippen LogP contribution >= 0.6 is 0 Å². The topological polar surface area (TPSA) is 77.3 Å². The first-order valence-electron chi connectivity index (χ1n) is 18.6. The molecule has 0 spiro atoms. The van der Waals surface area contributed by atoms with Gasteiger partial charge < -0.3 is 0 Å². The van der Waals surface area contributed by atoms with E-state index in [4.69, 9.17) is 29.9 Å². The summed E-state index contributed by atoms with van der Waals surface area (Å²) in [6.07, 6.45) is 5.53. The van der Waals surface area contributed by atoms with Gasteiger partial charge in [0.05, 0.1) is 16.6 Å². The summed E-state index contributed by atoms with van der Waals surface area (Å²) in [6.45, 7) is 0. The second-order valence-electron chi connectivity index (χ2n) is 13.9. The van der Waals surface area contributed by atoms with Crippen molar-refractivity contribution in [3.05, 3.63) is 182 Å². The largest absolute Gasteiger partial charge is 0.256 e. The summed E-state index contributed by atoms with van der Waals surface area (Å²) in [5, 5.41) is 7.69. The molecule has 11 rings (SSSR count). The highest BCUT2D eigenvalue weighted by Crippen LogP contribution is 2.43. The van der Waals surface area contributed by atoms with E-state index in [0.717, 1.165) is 93.2 Å². The molecule has 4 heterocycles. The third kappa shape index (κ3) is 5.35. The van der Waals surface area contributed by atoms with E-state index in [2.05, 4.69) is 103 Å². The summed E-state index contributed by atoms with van der Waals surface area (Å²) in [7, 11) is 0. The van der Waals surface area contributed by atoms with E-state index in [-0.39, 0.29) is 0 Å². The first-order chi connectivity index (χ1) is 27.7. The number of rotatable bonds is 5. The van der Waals surface area contributed by atoms with Gasteiger partial charge in [0, 0.05) is 51.4 Å². The van der Waals surface area contributed by atoms with Gasteiger partial charge in [-0.15, -0.1) is 0 Å². The first-order valence-corrected chi connectivity index (χ1v) is 18.6. The van der Waals surface area contributed by atoms with Crippen molar-refractivity contribution in [2.24, 2.45) is 0 Å². The van der Waals surface area contributed by atoms with Crippen LogP contribution in [0.2, 0.25) is 0 Å². The molecule has 7 aromatic carbocycles. The smallest absolute Gasteiger partial charge is 0.166 e. The Hall–Kier alpha value is -7.70. The number of para-hydroxylation sites is 1. The zero-order valence-electron chi connectivity index (χ0n) is 30.0. The zero-order chi connectivity index (χ0) is 37.0. The summed E-state index contributed by atoms with van der Waals surface area (Å²) >= 11 is 0. The number of pyridine rings is 3. The molecule has 0 amide bonds. The summed E-state index contributed by atoms with van der Waals surface area (Å²) in [4.78, 5) is 30.0. The second kappa shape index (κ2) is 13.0. The lowest BCUT2D eigenvalue weighted by Crippen LogP contribution is -2.01. The van der Waals surface area contributed by atoms with Crippen LogP contribution in [0.4, 0.5) is 0 Å². The molecule has 11 aromatic rings. The Morgan fingerprint density at radius 3 is 1.45 bits per heavy atom. The number of hydrogen-bond donors (Lipinski definition) is 0. The SMILES string of the molecule is c1ccc(-c2nc(-c3cc(-c4c5ccccc5cc5ncccc45)cc(-c4c5ccccc5cc5ncccc45)c3)nc(-c3cccc4cccnc34)n2)cc1. The number of fused-ring (bicyclic) bond motifs is 5. The van der Waals surface area contributed by atoms with Crippen LogP contribution in [0, 0.1) is 0 Å². The minimum absolute atomic E-state index is 0.560. The van der Waals surface area contributed by atoms with E-state index in [1.54, 1.807) is 0 Å². The monoisotopic (exact) mass is 714 g/mol. The maximum absolute atomic E-state index is 5.28. The Kier molecular flexibility index (Phi) is 7.38. The maximum Gasteiger partial charge on any atom is 0.166 e. The molecule has 0 atom stereocenters. The normalized spacial score (nSPS) is 11.6. The van der Waals surface area contributed by atoms with Crippen LogP contribution < -0.4 is 0 Å². The highest BCUT2D eigenvalue weighted by molar-refractivity contribution is 6.15. The fraction of sp³-hybridized carbons (Fsp3) is 0. The van der Waals surface area contributed by atoms with E-state index >= 15 is 0 Å². The van der Waals surface area contributed by atoms with Crippen molar-refractivity contribution in [1.29, 1.82) is 0 Å². The lowest BCUT2D eigenvalue weighted by atomic mass is 9.88. The van der Waals surface area contributed by atoms with E-state index in [9.17, 15) is 0 Å². The molecule has 6 heteroatoms. The molecule has 0 fully saturated rings. The standard InChI is InChI=1S/C50H30N6/c1-2-12-32(13-3-1)48-54-49(56-50(55-48)42-20-8-16-31-17-9-25-53-47(31)42)37-27-35(45-38-18-6-4-14-33(38)29-43-40(45)21-10-23-51-43)26-36(28-37)46-39-19-7-5-15-34(39)30-44-41(46)22-11-24-52-44/h1-30H. The van der Waals surface area contributed by atoms with Gasteiger partial charge in [-0.25, -0.2) is 15.0 Å². The molecule has 0 saturated heterocycles. The van der Waals surface area contributed by atoms with Gasteiger partial charge >= 0.3 is 0 Å². The third-order valence-corrected chi connectivity index (χ3v) is 10.6.